The zero-order valence-corrected chi connectivity index (χ0v) is 11.4. The average molecular weight is 225 g/mol. The lowest BCUT2D eigenvalue weighted by Crippen LogP contribution is -2.50. The van der Waals surface area contributed by atoms with Gasteiger partial charge in [0.15, 0.2) is 0 Å². The van der Waals surface area contributed by atoms with Crippen LogP contribution in [0.25, 0.3) is 0 Å². The molecule has 1 saturated heterocycles. The van der Waals surface area contributed by atoms with Crippen molar-refractivity contribution in [1.29, 1.82) is 0 Å². The molecule has 2 heterocycles. The number of rotatable bonds is 1. The van der Waals surface area contributed by atoms with Gasteiger partial charge in [-0.25, -0.2) is 0 Å². The normalized spacial score (nSPS) is 27.6. The lowest BCUT2D eigenvalue weighted by Gasteiger charge is -2.32. The van der Waals surface area contributed by atoms with Crippen molar-refractivity contribution in [3.8, 4) is 0 Å². The molecule has 3 heteroatoms. The number of hydrogen-bond acceptors (Lipinski definition) is 3. The van der Waals surface area contributed by atoms with Crippen molar-refractivity contribution in [3.05, 3.63) is 0 Å². The highest BCUT2D eigenvalue weighted by Gasteiger charge is 2.39. The maximum absolute atomic E-state index is 4.93. The second-order valence-electron chi connectivity index (χ2n) is 4.84. The Labute approximate surface area is 100 Å². The summed E-state index contributed by atoms with van der Waals surface area (Å²) < 4.78 is 0. The second kappa shape index (κ2) is 5.78. The summed E-state index contributed by atoms with van der Waals surface area (Å²) in [5.74, 6) is 0.576. The zero-order valence-electron chi connectivity index (χ0n) is 11.4. The average Bonchev–Trinajstić information content (AvgIpc) is 2.59. The van der Waals surface area contributed by atoms with E-state index in [0.717, 1.165) is 25.9 Å². The van der Waals surface area contributed by atoms with Gasteiger partial charge in [-0.05, 0) is 38.8 Å². The van der Waals surface area contributed by atoms with Crippen LogP contribution in [0, 0.1) is 5.92 Å². The van der Waals surface area contributed by atoms with E-state index in [-0.39, 0.29) is 5.66 Å². The van der Waals surface area contributed by atoms with E-state index >= 15 is 0 Å². The molecule has 0 amide bonds. The molecule has 2 rings (SSSR count). The second-order valence-corrected chi connectivity index (χ2v) is 4.84. The molecule has 1 atom stereocenters. The van der Waals surface area contributed by atoms with Crippen LogP contribution in [-0.4, -0.2) is 30.5 Å². The quantitative estimate of drug-likeness (QED) is 0.717. The minimum absolute atomic E-state index is 0.0737. The largest absolute Gasteiger partial charge is 0.316 e. The molecule has 2 N–H and O–H groups in total. The molecule has 0 aromatic rings. The van der Waals surface area contributed by atoms with Crippen LogP contribution < -0.4 is 10.6 Å². The van der Waals surface area contributed by atoms with E-state index < -0.39 is 0 Å². The first-order valence-electron chi connectivity index (χ1n) is 6.71. The van der Waals surface area contributed by atoms with E-state index in [1.165, 1.54) is 5.71 Å². The molecule has 2 aliphatic rings. The highest BCUT2D eigenvalue weighted by Crippen LogP contribution is 2.27. The van der Waals surface area contributed by atoms with Gasteiger partial charge in [0.2, 0.25) is 0 Å². The van der Waals surface area contributed by atoms with E-state index in [4.69, 9.17) is 4.99 Å². The molecule has 1 spiro atoms. The Morgan fingerprint density at radius 2 is 1.81 bits per heavy atom. The summed E-state index contributed by atoms with van der Waals surface area (Å²) in [5.41, 5.74) is 1.43. The summed E-state index contributed by atoms with van der Waals surface area (Å²) in [6, 6.07) is 0.466. The zero-order chi connectivity index (χ0) is 12.2. The number of piperidine rings is 1. The van der Waals surface area contributed by atoms with Gasteiger partial charge in [-0.2, -0.15) is 0 Å². The van der Waals surface area contributed by atoms with Gasteiger partial charge in [0, 0.05) is 11.8 Å². The molecule has 0 bridgehead atoms. The monoisotopic (exact) mass is 225 g/mol. The van der Waals surface area contributed by atoms with Crippen LogP contribution in [0.4, 0.5) is 0 Å². The summed E-state index contributed by atoms with van der Waals surface area (Å²) in [6.07, 6.45) is 2.26. The molecular weight excluding hydrogens is 198 g/mol. The first-order chi connectivity index (χ1) is 7.63. The Morgan fingerprint density at radius 1 is 1.25 bits per heavy atom. The van der Waals surface area contributed by atoms with E-state index in [9.17, 15) is 0 Å². The Morgan fingerprint density at radius 3 is 2.25 bits per heavy atom. The van der Waals surface area contributed by atoms with E-state index in [0.29, 0.717) is 12.0 Å². The molecular formula is C13H27N3. The fourth-order valence-corrected chi connectivity index (χ4v) is 2.58. The first kappa shape index (κ1) is 13.7. The first-order valence-corrected chi connectivity index (χ1v) is 6.71. The highest BCUT2D eigenvalue weighted by atomic mass is 15.2. The van der Waals surface area contributed by atoms with Crippen LogP contribution in [-0.2, 0) is 0 Å². The fourth-order valence-electron chi connectivity index (χ4n) is 2.58. The van der Waals surface area contributed by atoms with Gasteiger partial charge < -0.3 is 5.32 Å². The van der Waals surface area contributed by atoms with Gasteiger partial charge in [0.1, 0.15) is 5.66 Å². The predicted molar refractivity (Wildman–Crippen MR) is 71.1 cm³/mol. The minimum atomic E-state index is 0.0737. The Balaban J connectivity index is 0.000000606. The van der Waals surface area contributed by atoms with Gasteiger partial charge in [-0.1, -0.05) is 27.7 Å². The van der Waals surface area contributed by atoms with Crippen molar-refractivity contribution >= 4 is 5.71 Å². The number of hydrogen-bond donors (Lipinski definition) is 2. The van der Waals surface area contributed by atoms with Crippen LogP contribution in [0.2, 0.25) is 0 Å². The summed E-state index contributed by atoms with van der Waals surface area (Å²) in [7, 11) is 0. The van der Waals surface area contributed by atoms with Crippen LogP contribution in [0.3, 0.4) is 0 Å². The van der Waals surface area contributed by atoms with E-state index in [2.05, 4.69) is 31.4 Å². The van der Waals surface area contributed by atoms with E-state index in [1.807, 2.05) is 13.8 Å². The predicted octanol–water partition coefficient (Wildman–Crippen LogP) is 2.18. The Bertz CT molecular complexity index is 240. The lowest BCUT2D eigenvalue weighted by molar-refractivity contribution is 0.266. The number of nitrogens with zero attached hydrogens (tertiary/aromatic N) is 1. The van der Waals surface area contributed by atoms with Crippen molar-refractivity contribution in [2.45, 2.75) is 59.2 Å². The molecule has 1 unspecified atom stereocenters. The molecule has 0 aliphatic carbocycles. The fraction of sp³-hybridized carbons (Fsp3) is 0.923. The third-order valence-electron chi connectivity index (χ3n) is 3.29. The highest BCUT2D eigenvalue weighted by molar-refractivity contribution is 5.92. The molecule has 0 saturated carbocycles. The standard InChI is InChI=1S/C11H21N3.C2H6/c1-8(2)10-9(3)13-11(14-10)4-6-12-7-5-11;1-2/h8-9,12-13H,4-7H2,1-3H3;1-2H3. The van der Waals surface area contributed by atoms with Crippen molar-refractivity contribution in [1.82, 2.24) is 10.6 Å². The molecule has 0 aromatic carbocycles. The number of nitrogens with one attached hydrogen (secondary N) is 2. The van der Waals surface area contributed by atoms with Crippen LogP contribution in [0.1, 0.15) is 47.5 Å². The number of aliphatic imine (C=N–C) groups is 1. The van der Waals surface area contributed by atoms with Crippen molar-refractivity contribution in [3.63, 3.8) is 0 Å². The Kier molecular flexibility index (Phi) is 4.93. The summed E-state index contributed by atoms with van der Waals surface area (Å²) in [5, 5.41) is 7.04. The molecule has 2 aliphatic heterocycles. The van der Waals surface area contributed by atoms with Crippen LogP contribution >= 0.6 is 0 Å². The Hall–Kier alpha value is -0.410. The molecule has 16 heavy (non-hydrogen) atoms. The van der Waals surface area contributed by atoms with Gasteiger partial charge in [-0.3, -0.25) is 10.3 Å². The van der Waals surface area contributed by atoms with Crippen LogP contribution in [0.15, 0.2) is 4.99 Å². The molecule has 1 fully saturated rings. The SMILES string of the molecule is CC.CC(C)C1=NC2(CCNCC2)NC1C. The molecule has 94 valence electrons. The van der Waals surface area contributed by atoms with Gasteiger partial charge in [-0.15, -0.1) is 0 Å². The minimum Gasteiger partial charge on any atom is -0.316 e. The third-order valence-corrected chi connectivity index (χ3v) is 3.29. The van der Waals surface area contributed by atoms with Crippen LogP contribution in [0.5, 0.6) is 0 Å². The van der Waals surface area contributed by atoms with Gasteiger partial charge in [0.25, 0.3) is 0 Å². The van der Waals surface area contributed by atoms with E-state index in [1.54, 1.807) is 0 Å². The van der Waals surface area contributed by atoms with Crippen molar-refractivity contribution in [2.75, 3.05) is 13.1 Å². The van der Waals surface area contributed by atoms with Crippen molar-refractivity contribution in [2.24, 2.45) is 10.9 Å². The van der Waals surface area contributed by atoms with Gasteiger partial charge >= 0.3 is 0 Å². The summed E-state index contributed by atoms with van der Waals surface area (Å²) >= 11 is 0. The van der Waals surface area contributed by atoms with Crippen molar-refractivity contribution < 1.29 is 0 Å². The maximum Gasteiger partial charge on any atom is 0.113 e. The third kappa shape index (κ3) is 2.83. The summed E-state index contributed by atoms with van der Waals surface area (Å²) in [4.78, 5) is 4.93. The molecule has 0 radical (unpaired) electrons. The topological polar surface area (TPSA) is 36.4 Å². The summed E-state index contributed by atoms with van der Waals surface area (Å²) in [6.45, 7) is 12.9. The maximum atomic E-state index is 4.93. The molecule has 3 nitrogen and oxygen atoms in total. The lowest BCUT2D eigenvalue weighted by atomic mass is 9.99. The molecule has 0 aromatic heterocycles. The van der Waals surface area contributed by atoms with Gasteiger partial charge in [0.05, 0.1) is 0 Å². The smallest absolute Gasteiger partial charge is 0.113 e.